The van der Waals surface area contributed by atoms with Crippen LogP contribution in [0, 0.1) is 22.0 Å². The lowest BCUT2D eigenvalue weighted by molar-refractivity contribution is -0.490. The van der Waals surface area contributed by atoms with Gasteiger partial charge in [-0.2, -0.15) is 0 Å². The number of nitrogens with zero attached hydrogens (tertiary/aromatic N) is 1. The Morgan fingerprint density at radius 1 is 1.45 bits per heavy atom. The van der Waals surface area contributed by atoms with Crippen LogP contribution in [0.2, 0.25) is 0 Å². The Hall–Kier alpha value is -0.680. The summed E-state index contributed by atoms with van der Waals surface area (Å²) in [7, 11) is 0. The Morgan fingerprint density at radius 2 is 2.00 bits per heavy atom. The summed E-state index contributed by atoms with van der Waals surface area (Å²) in [6.07, 6.45) is 0. The SMILES string of the molecule is CC(CO)C(CO)C[N+](=O)[O-]. The minimum absolute atomic E-state index is 0.126. The van der Waals surface area contributed by atoms with Gasteiger partial charge in [0.15, 0.2) is 0 Å². The van der Waals surface area contributed by atoms with E-state index >= 15 is 0 Å². The molecule has 0 heterocycles. The average Bonchev–Trinajstić information content (AvgIpc) is 1.98. The van der Waals surface area contributed by atoms with E-state index < -0.39 is 10.8 Å². The molecule has 0 rings (SSSR count). The van der Waals surface area contributed by atoms with Crippen LogP contribution >= 0.6 is 0 Å². The molecule has 0 saturated carbocycles. The number of nitro groups is 1. The van der Waals surface area contributed by atoms with E-state index in [2.05, 4.69) is 0 Å². The highest BCUT2D eigenvalue weighted by atomic mass is 16.6. The maximum atomic E-state index is 10.0. The maximum absolute atomic E-state index is 10.0. The Kier molecular flexibility index (Phi) is 4.72. The monoisotopic (exact) mass is 163 g/mol. The highest BCUT2D eigenvalue weighted by Crippen LogP contribution is 2.09. The van der Waals surface area contributed by atoms with Gasteiger partial charge in [0.05, 0.1) is 12.5 Å². The van der Waals surface area contributed by atoms with Crippen molar-refractivity contribution in [3.8, 4) is 0 Å². The topological polar surface area (TPSA) is 83.6 Å². The summed E-state index contributed by atoms with van der Waals surface area (Å²) in [5.74, 6) is -0.652. The summed E-state index contributed by atoms with van der Waals surface area (Å²) in [4.78, 5) is 9.52. The molecule has 5 heteroatoms. The fourth-order valence-electron chi connectivity index (χ4n) is 0.758. The predicted octanol–water partition coefficient (Wildman–Crippen LogP) is -0.500. The van der Waals surface area contributed by atoms with E-state index in [4.69, 9.17) is 10.2 Å². The van der Waals surface area contributed by atoms with Crippen molar-refractivity contribution in [1.29, 1.82) is 0 Å². The van der Waals surface area contributed by atoms with E-state index in [1.165, 1.54) is 0 Å². The van der Waals surface area contributed by atoms with Gasteiger partial charge in [-0.15, -0.1) is 0 Å². The molecule has 2 atom stereocenters. The molecule has 0 fully saturated rings. The highest BCUT2D eigenvalue weighted by molar-refractivity contribution is 4.62. The van der Waals surface area contributed by atoms with Crippen LogP contribution in [0.5, 0.6) is 0 Å². The van der Waals surface area contributed by atoms with Gasteiger partial charge in [0, 0.05) is 11.5 Å². The molecule has 0 spiro atoms. The van der Waals surface area contributed by atoms with Gasteiger partial charge in [0.1, 0.15) is 0 Å². The predicted molar refractivity (Wildman–Crippen MR) is 38.7 cm³/mol. The van der Waals surface area contributed by atoms with Crippen LogP contribution in [0.3, 0.4) is 0 Å². The van der Waals surface area contributed by atoms with Gasteiger partial charge in [0.2, 0.25) is 6.54 Å². The quantitative estimate of drug-likeness (QED) is 0.422. The Morgan fingerprint density at radius 3 is 2.27 bits per heavy atom. The average molecular weight is 163 g/mol. The summed E-state index contributed by atoms with van der Waals surface area (Å²) in [6, 6.07) is 0. The molecule has 2 unspecified atom stereocenters. The molecule has 0 aromatic rings. The number of hydrogen-bond acceptors (Lipinski definition) is 4. The van der Waals surface area contributed by atoms with Crippen molar-refractivity contribution in [3.05, 3.63) is 10.1 Å². The van der Waals surface area contributed by atoms with E-state index in [9.17, 15) is 10.1 Å². The van der Waals surface area contributed by atoms with Crippen LogP contribution in [0.4, 0.5) is 0 Å². The summed E-state index contributed by atoms with van der Waals surface area (Å²) in [5, 5.41) is 27.3. The zero-order valence-electron chi connectivity index (χ0n) is 6.43. The fraction of sp³-hybridized carbons (Fsp3) is 1.00. The highest BCUT2D eigenvalue weighted by Gasteiger charge is 2.20. The molecule has 11 heavy (non-hydrogen) atoms. The molecule has 66 valence electrons. The van der Waals surface area contributed by atoms with Crippen molar-refractivity contribution in [1.82, 2.24) is 0 Å². The summed E-state index contributed by atoms with van der Waals surface area (Å²) >= 11 is 0. The third-order valence-electron chi connectivity index (χ3n) is 1.71. The second-order valence-electron chi connectivity index (χ2n) is 2.62. The molecule has 0 aliphatic heterocycles. The van der Waals surface area contributed by atoms with Gasteiger partial charge >= 0.3 is 0 Å². The van der Waals surface area contributed by atoms with Gasteiger partial charge in [0.25, 0.3) is 0 Å². The Labute approximate surface area is 64.8 Å². The standard InChI is InChI=1S/C6H13NO4/c1-5(3-8)6(4-9)2-7(10)11/h5-6,8-9H,2-4H2,1H3. The first-order valence-electron chi connectivity index (χ1n) is 3.45. The van der Waals surface area contributed by atoms with E-state index in [1.54, 1.807) is 6.92 Å². The van der Waals surface area contributed by atoms with E-state index in [0.29, 0.717) is 0 Å². The molecule has 0 radical (unpaired) electrons. The lowest BCUT2D eigenvalue weighted by Gasteiger charge is -2.14. The van der Waals surface area contributed by atoms with Crippen LogP contribution in [-0.2, 0) is 0 Å². The second-order valence-corrected chi connectivity index (χ2v) is 2.62. The number of aliphatic hydroxyl groups excluding tert-OH is 2. The fourth-order valence-corrected chi connectivity index (χ4v) is 0.758. The zero-order valence-corrected chi connectivity index (χ0v) is 6.43. The first-order valence-corrected chi connectivity index (χ1v) is 3.45. The van der Waals surface area contributed by atoms with Crippen molar-refractivity contribution in [2.75, 3.05) is 19.8 Å². The molecule has 0 aliphatic rings. The molecule has 0 aromatic carbocycles. The molecular formula is C6H13NO4. The van der Waals surface area contributed by atoms with Crippen molar-refractivity contribution >= 4 is 0 Å². The maximum Gasteiger partial charge on any atom is 0.209 e. The minimum atomic E-state index is -0.479. The molecule has 0 aliphatic carbocycles. The summed E-state index contributed by atoms with van der Waals surface area (Å²) in [5.41, 5.74) is 0. The minimum Gasteiger partial charge on any atom is -0.396 e. The summed E-state index contributed by atoms with van der Waals surface area (Å²) < 4.78 is 0. The van der Waals surface area contributed by atoms with Crippen molar-refractivity contribution < 1.29 is 15.1 Å². The normalized spacial score (nSPS) is 15.9. The number of hydrogen-bond donors (Lipinski definition) is 2. The molecule has 0 saturated heterocycles. The molecule has 0 bridgehead atoms. The molecule has 0 aromatic heterocycles. The lowest BCUT2D eigenvalue weighted by Crippen LogP contribution is -2.26. The zero-order chi connectivity index (χ0) is 8.85. The van der Waals surface area contributed by atoms with Crippen LogP contribution in [0.1, 0.15) is 6.92 Å². The van der Waals surface area contributed by atoms with E-state index in [0.717, 1.165) is 0 Å². The van der Waals surface area contributed by atoms with E-state index in [1.807, 2.05) is 0 Å². The van der Waals surface area contributed by atoms with Gasteiger partial charge in [-0.1, -0.05) is 6.92 Å². The summed E-state index contributed by atoms with van der Waals surface area (Å²) in [6.45, 7) is 1.02. The van der Waals surface area contributed by atoms with E-state index in [-0.39, 0.29) is 25.7 Å². The van der Waals surface area contributed by atoms with Crippen LogP contribution < -0.4 is 0 Å². The molecule has 0 amide bonds. The van der Waals surface area contributed by atoms with Crippen molar-refractivity contribution in [3.63, 3.8) is 0 Å². The molecule has 2 N–H and O–H groups in total. The third-order valence-corrected chi connectivity index (χ3v) is 1.71. The largest absolute Gasteiger partial charge is 0.396 e. The second kappa shape index (κ2) is 5.03. The van der Waals surface area contributed by atoms with Crippen molar-refractivity contribution in [2.45, 2.75) is 6.92 Å². The first-order chi connectivity index (χ1) is 5.11. The lowest BCUT2D eigenvalue weighted by atomic mass is 9.96. The number of rotatable bonds is 5. The molecule has 5 nitrogen and oxygen atoms in total. The van der Waals surface area contributed by atoms with Crippen LogP contribution in [-0.4, -0.2) is 34.9 Å². The molecular weight excluding hydrogens is 150 g/mol. The van der Waals surface area contributed by atoms with Gasteiger partial charge in [-0.25, -0.2) is 0 Å². The van der Waals surface area contributed by atoms with Gasteiger partial charge in [-0.3, -0.25) is 10.1 Å². The van der Waals surface area contributed by atoms with Gasteiger partial charge in [-0.05, 0) is 5.92 Å². The number of aliphatic hydroxyl groups is 2. The van der Waals surface area contributed by atoms with Crippen LogP contribution in [0.25, 0.3) is 0 Å². The first kappa shape index (κ1) is 10.3. The Bertz CT molecular complexity index is 128. The smallest absolute Gasteiger partial charge is 0.209 e. The van der Waals surface area contributed by atoms with Crippen LogP contribution in [0.15, 0.2) is 0 Å². The van der Waals surface area contributed by atoms with Crippen molar-refractivity contribution in [2.24, 2.45) is 11.8 Å². The Balaban J connectivity index is 3.84. The third kappa shape index (κ3) is 3.90. The van der Waals surface area contributed by atoms with Gasteiger partial charge < -0.3 is 10.2 Å².